The minimum atomic E-state index is -0.783. The lowest BCUT2D eigenvalue weighted by molar-refractivity contribution is 0.453. The van der Waals surface area contributed by atoms with E-state index in [1.165, 1.54) is 0 Å². The molecule has 0 spiro atoms. The monoisotopic (exact) mass is 856 g/mol. The molecule has 0 bridgehead atoms. The van der Waals surface area contributed by atoms with Crippen LogP contribution in [0.3, 0.4) is 0 Å². The third kappa shape index (κ3) is 8.74. The van der Waals surface area contributed by atoms with E-state index in [4.69, 9.17) is 0 Å². The summed E-state index contributed by atoms with van der Waals surface area (Å²) in [4.78, 5) is 0. The molecule has 0 atom stereocenters. The SMILES string of the molecule is Oc1ccc(-c2ccc(O)c(C(Cc3ccccc3C(c3cc(-c4ccc(O)cc4)ccc3O)c3cc(-c4ccc(O)cc4)ccc3O)c3cc(-c4ccc(O)cc4)ccc3O)c2)cc1. The van der Waals surface area contributed by atoms with Crippen molar-refractivity contribution in [3.05, 3.63) is 228 Å². The van der Waals surface area contributed by atoms with Gasteiger partial charge in [-0.1, -0.05) is 97.1 Å². The summed E-state index contributed by atoms with van der Waals surface area (Å²) in [5.74, 6) is -1.03. The summed E-state index contributed by atoms with van der Waals surface area (Å²) in [6.07, 6.45) is 0.225. The van der Waals surface area contributed by atoms with Crippen LogP contribution in [0.25, 0.3) is 44.5 Å². The van der Waals surface area contributed by atoms with Crippen molar-refractivity contribution in [3.8, 4) is 90.5 Å². The van der Waals surface area contributed by atoms with E-state index in [-0.39, 0.29) is 52.4 Å². The first-order valence-electron chi connectivity index (χ1n) is 21.1. The Balaban J connectivity index is 1.26. The number of aromatic hydroxyl groups is 8. The highest BCUT2D eigenvalue weighted by molar-refractivity contribution is 5.73. The van der Waals surface area contributed by atoms with E-state index < -0.39 is 11.8 Å². The van der Waals surface area contributed by atoms with Crippen LogP contribution in [0.15, 0.2) is 194 Å². The summed E-state index contributed by atoms with van der Waals surface area (Å²) < 4.78 is 0. The predicted octanol–water partition coefficient (Wildman–Crippen LogP) is 12.6. The van der Waals surface area contributed by atoms with Gasteiger partial charge in [-0.25, -0.2) is 0 Å². The number of hydrogen-bond donors (Lipinski definition) is 8. The van der Waals surface area contributed by atoms with Crippen molar-refractivity contribution >= 4 is 0 Å². The van der Waals surface area contributed by atoms with Crippen LogP contribution < -0.4 is 0 Å². The van der Waals surface area contributed by atoms with Gasteiger partial charge >= 0.3 is 0 Å². The van der Waals surface area contributed by atoms with E-state index in [1.807, 2.05) is 48.5 Å². The summed E-state index contributed by atoms with van der Waals surface area (Å²) in [7, 11) is 0. The van der Waals surface area contributed by atoms with Crippen LogP contribution >= 0.6 is 0 Å². The molecule has 9 aromatic rings. The van der Waals surface area contributed by atoms with Crippen molar-refractivity contribution in [3.63, 3.8) is 0 Å². The van der Waals surface area contributed by atoms with E-state index in [0.29, 0.717) is 22.3 Å². The Morgan fingerprint density at radius 2 is 0.538 bits per heavy atom. The molecule has 0 aromatic heterocycles. The molecule has 65 heavy (non-hydrogen) atoms. The highest BCUT2D eigenvalue weighted by atomic mass is 16.3. The quantitative estimate of drug-likeness (QED) is 0.0596. The molecular formula is C57H44O8. The topological polar surface area (TPSA) is 162 Å². The highest BCUT2D eigenvalue weighted by Gasteiger charge is 2.30. The largest absolute Gasteiger partial charge is 0.508 e. The lowest BCUT2D eigenvalue weighted by Gasteiger charge is -2.27. The van der Waals surface area contributed by atoms with Gasteiger partial charge in [-0.05, 0) is 159 Å². The van der Waals surface area contributed by atoms with Gasteiger partial charge in [0, 0.05) is 34.1 Å². The molecule has 8 nitrogen and oxygen atoms in total. The summed E-state index contributed by atoms with van der Waals surface area (Å²) in [5, 5.41) is 87.7. The Morgan fingerprint density at radius 1 is 0.262 bits per heavy atom. The second-order valence-corrected chi connectivity index (χ2v) is 16.2. The molecule has 0 saturated heterocycles. The maximum atomic E-state index is 11.9. The minimum absolute atomic E-state index is 0.000479. The van der Waals surface area contributed by atoms with Crippen LogP contribution in [0, 0.1) is 0 Å². The predicted molar refractivity (Wildman–Crippen MR) is 254 cm³/mol. The van der Waals surface area contributed by atoms with E-state index in [2.05, 4.69) is 0 Å². The average Bonchev–Trinajstić information content (AvgIpc) is 3.31. The Morgan fingerprint density at radius 3 is 0.877 bits per heavy atom. The van der Waals surface area contributed by atoms with E-state index in [9.17, 15) is 40.9 Å². The number of benzene rings is 9. The molecule has 320 valence electrons. The van der Waals surface area contributed by atoms with Crippen LogP contribution in [-0.2, 0) is 6.42 Å². The third-order valence-electron chi connectivity index (χ3n) is 12.1. The van der Waals surface area contributed by atoms with Gasteiger partial charge in [0.15, 0.2) is 0 Å². The van der Waals surface area contributed by atoms with Gasteiger partial charge in [0.25, 0.3) is 0 Å². The van der Waals surface area contributed by atoms with Crippen molar-refractivity contribution in [2.45, 2.75) is 18.3 Å². The lowest BCUT2D eigenvalue weighted by Crippen LogP contribution is -2.12. The van der Waals surface area contributed by atoms with Crippen molar-refractivity contribution in [1.82, 2.24) is 0 Å². The van der Waals surface area contributed by atoms with E-state index in [0.717, 1.165) is 55.6 Å². The summed E-state index contributed by atoms with van der Waals surface area (Å²) in [6.45, 7) is 0. The number of phenols is 8. The van der Waals surface area contributed by atoms with Crippen molar-refractivity contribution < 1.29 is 40.9 Å². The normalized spacial score (nSPS) is 11.3. The van der Waals surface area contributed by atoms with Gasteiger partial charge in [0.2, 0.25) is 0 Å². The molecular weight excluding hydrogens is 813 g/mol. The molecule has 0 aliphatic rings. The Bertz CT molecular complexity index is 2950. The molecule has 0 aliphatic heterocycles. The summed E-state index contributed by atoms with van der Waals surface area (Å²) >= 11 is 0. The maximum absolute atomic E-state index is 11.9. The van der Waals surface area contributed by atoms with Gasteiger partial charge in [-0.15, -0.1) is 0 Å². The molecule has 0 fully saturated rings. The standard InChI is InChI=1S/C57H44O8/c58-43-17-5-34(6-18-43)38-13-25-53(62)49(29-38)48(50-30-39(14-26-54(50)63)35-7-19-44(59)20-8-35)33-42-3-1-2-4-47(42)57(51-31-40(15-27-55(51)64)36-9-21-45(60)22-10-36)52-32-41(16-28-56(52)65)37-11-23-46(61)24-12-37/h1-32,48,57-65H,33H2. The molecule has 0 aliphatic carbocycles. The molecule has 0 unspecified atom stereocenters. The van der Waals surface area contributed by atoms with Gasteiger partial charge in [-0.3, -0.25) is 0 Å². The first-order valence-corrected chi connectivity index (χ1v) is 21.1. The fourth-order valence-electron chi connectivity index (χ4n) is 8.68. The van der Waals surface area contributed by atoms with Crippen molar-refractivity contribution in [1.29, 1.82) is 0 Å². The lowest BCUT2D eigenvalue weighted by atomic mass is 9.76. The smallest absolute Gasteiger partial charge is 0.119 e. The second kappa shape index (κ2) is 17.6. The highest BCUT2D eigenvalue weighted by Crippen LogP contribution is 2.47. The Labute approximate surface area is 375 Å². The molecule has 0 amide bonds. The van der Waals surface area contributed by atoms with Crippen LogP contribution in [-0.4, -0.2) is 40.9 Å². The van der Waals surface area contributed by atoms with Crippen LogP contribution in [0.2, 0.25) is 0 Å². The minimum Gasteiger partial charge on any atom is -0.508 e. The molecule has 9 aromatic carbocycles. The van der Waals surface area contributed by atoms with Crippen LogP contribution in [0.5, 0.6) is 46.0 Å². The summed E-state index contributed by atoms with van der Waals surface area (Å²) in [5.41, 5.74) is 9.83. The van der Waals surface area contributed by atoms with E-state index in [1.54, 1.807) is 146 Å². The fraction of sp³-hybridized carbons (Fsp3) is 0.0526. The zero-order chi connectivity index (χ0) is 45.2. The van der Waals surface area contributed by atoms with Gasteiger partial charge in [0.05, 0.1) is 0 Å². The van der Waals surface area contributed by atoms with Gasteiger partial charge < -0.3 is 40.9 Å². The number of hydrogen-bond acceptors (Lipinski definition) is 8. The first-order chi connectivity index (χ1) is 31.5. The zero-order valence-electron chi connectivity index (χ0n) is 34.9. The van der Waals surface area contributed by atoms with E-state index >= 15 is 0 Å². The molecule has 8 N–H and O–H groups in total. The third-order valence-corrected chi connectivity index (χ3v) is 12.1. The van der Waals surface area contributed by atoms with Crippen molar-refractivity contribution in [2.75, 3.05) is 0 Å². The Hall–Kier alpha value is -8.62. The zero-order valence-corrected chi connectivity index (χ0v) is 34.9. The number of rotatable bonds is 11. The molecule has 0 radical (unpaired) electrons. The van der Waals surface area contributed by atoms with Crippen LogP contribution in [0.1, 0.15) is 45.2 Å². The Kier molecular flexibility index (Phi) is 11.3. The number of phenolic OH excluding ortho intramolecular Hbond substituents is 8. The van der Waals surface area contributed by atoms with Gasteiger partial charge in [-0.2, -0.15) is 0 Å². The second-order valence-electron chi connectivity index (χ2n) is 16.2. The fourth-order valence-corrected chi connectivity index (χ4v) is 8.68. The maximum Gasteiger partial charge on any atom is 0.119 e. The first kappa shape index (κ1) is 41.7. The molecule has 8 heteroatoms. The molecule has 0 heterocycles. The van der Waals surface area contributed by atoms with Crippen LogP contribution in [0.4, 0.5) is 0 Å². The average molecular weight is 857 g/mol. The summed E-state index contributed by atoms with van der Waals surface area (Å²) in [6, 6.07) is 56.1. The molecule has 9 rings (SSSR count). The molecule has 0 saturated carbocycles. The van der Waals surface area contributed by atoms with Gasteiger partial charge in [0.1, 0.15) is 46.0 Å². The van der Waals surface area contributed by atoms with Crippen molar-refractivity contribution in [2.24, 2.45) is 0 Å².